The number of carbonyl (C=O) groups excluding carboxylic acids is 2. The van der Waals surface area contributed by atoms with E-state index in [4.69, 9.17) is 0 Å². The summed E-state index contributed by atoms with van der Waals surface area (Å²) in [5.74, 6) is -0.322. The van der Waals surface area contributed by atoms with E-state index in [2.05, 4.69) is 10.6 Å². The van der Waals surface area contributed by atoms with Crippen LogP contribution in [-0.2, 0) is 16.1 Å². The van der Waals surface area contributed by atoms with E-state index in [0.717, 1.165) is 5.56 Å². The van der Waals surface area contributed by atoms with Crippen molar-refractivity contribution in [1.29, 1.82) is 0 Å². The predicted octanol–water partition coefficient (Wildman–Crippen LogP) is 2.56. The molecule has 1 aliphatic rings. The van der Waals surface area contributed by atoms with Crippen molar-refractivity contribution >= 4 is 23.2 Å². The summed E-state index contributed by atoms with van der Waals surface area (Å²) in [6.45, 7) is 1.92. The van der Waals surface area contributed by atoms with Gasteiger partial charge in [0.1, 0.15) is 5.69 Å². The third-order valence-corrected chi connectivity index (χ3v) is 5.01. The van der Waals surface area contributed by atoms with Gasteiger partial charge in [-0.05, 0) is 37.6 Å². The fourth-order valence-electron chi connectivity index (χ4n) is 3.41. The number of rotatable bonds is 7. The van der Waals surface area contributed by atoms with Crippen molar-refractivity contribution in [1.82, 2.24) is 10.2 Å². The summed E-state index contributed by atoms with van der Waals surface area (Å²) in [7, 11) is 0. The molecule has 2 amide bonds. The highest BCUT2D eigenvalue weighted by atomic mass is 16.6. The van der Waals surface area contributed by atoms with Gasteiger partial charge < -0.3 is 10.6 Å². The zero-order valence-electron chi connectivity index (χ0n) is 16.0. The Kier molecular flexibility index (Phi) is 6.91. The molecule has 3 rings (SSSR count). The number of amides is 2. The standard InChI is InChI=1S/C21H24N4O4/c26-20(23-18-8-4-5-9-19(18)25(28)29)15-24-12-10-17(11-13-24)21(27)22-14-16-6-2-1-3-7-16/h1-9,17H,10-15H2,(H,22,27)(H,23,26). The third kappa shape index (κ3) is 5.86. The molecule has 0 bridgehead atoms. The maximum absolute atomic E-state index is 12.4. The number of hydrogen-bond acceptors (Lipinski definition) is 5. The SMILES string of the molecule is O=C(CN1CCC(C(=O)NCc2ccccc2)CC1)Nc1ccccc1[N+](=O)[O-]. The molecular formula is C21H24N4O4. The van der Waals surface area contributed by atoms with Gasteiger partial charge in [0.05, 0.1) is 11.5 Å². The van der Waals surface area contributed by atoms with Gasteiger partial charge in [0, 0.05) is 18.5 Å². The van der Waals surface area contributed by atoms with Crippen LogP contribution in [0.3, 0.4) is 0 Å². The second-order valence-electron chi connectivity index (χ2n) is 7.08. The van der Waals surface area contributed by atoms with Crippen LogP contribution in [0.15, 0.2) is 54.6 Å². The van der Waals surface area contributed by atoms with Crippen molar-refractivity contribution in [2.24, 2.45) is 5.92 Å². The summed E-state index contributed by atoms with van der Waals surface area (Å²) in [4.78, 5) is 37.1. The van der Waals surface area contributed by atoms with E-state index in [1.165, 1.54) is 12.1 Å². The number of para-hydroxylation sites is 2. The summed E-state index contributed by atoms with van der Waals surface area (Å²) in [6.07, 6.45) is 1.36. The summed E-state index contributed by atoms with van der Waals surface area (Å²) >= 11 is 0. The molecule has 8 heteroatoms. The van der Waals surface area contributed by atoms with Gasteiger partial charge in [-0.15, -0.1) is 0 Å². The first-order valence-electron chi connectivity index (χ1n) is 9.60. The zero-order valence-corrected chi connectivity index (χ0v) is 16.0. The number of nitro groups is 1. The van der Waals surface area contributed by atoms with E-state index in [9.17, 15) is 19.7 Å². The number of carbonyl (C=O) groups is 2. The van der Waals surface area contributed by atoms with Crippen LogP contribution < -0.4 is 10.6 Å². The smallest absolute Gasteiger partial charge is 0.292 e. The number of piperidine rings is 1. The Morgan fingerprint density at radius 3 is 2.38 bits per heavy atom. The zero-order chi connectivity index (χ0) is 20.6. The molecule has 2 aromatic rings. The van der Waals surface area contributed by atoms with Crippen LogP contribution in [-0.4, -0.2) is 41.3 Å². The van der Waals surface area contributed by atoms with Crippen LogP contribution in [0.5, 0.6) is 0 Å². The molecule has 152 valence electrons. The second kappa shape index (κ2) is 9.79. The van der Waals surface area contributed by atoms with E-state index in [-0.39, 0.29) is 35.7 Å². The molecule has 8 nitrogen and oxygen atoms in total. The Balaban J connectivity index is 1.43. The Bertz CT molecular complexity index is 864. The van der Waals surface area contributed by atoms with E-state index in [1.54, 1.807) is 12.1 Å². The van der Waals surface area contributed by atoms with Crippen molar-refractivity contribution in [3.05, 3.63) is 70.3 Å². The highest BCUT2D eigenvalue weighted by Gasteiger charge is 2.26. The first-order chi connectivity index (χ1) is 14.0. The van der Waals surface area contributed by atoms with Crippen LogP contribution >= 0.6 is 0 Å². The molecular weight excluding hydrogens is 372 g/mol. The number of hydrogen-bond donors (Lipinski definition) is 2. The molecule has 2 aromatic carbocycles. The fourth-order valence-corrected chi connectivity index (χ4v) is 3.41. The van der Waals surface area contributed by atoms with Crippen LogP contribution in [0.25, 0.3) is 0 Å². The molecule has 0 unspecified atom stereocenters. The lowest BCUT2D eigenvalue weighted by Gasteiger charge is -2.30. The molecule has 0 atom stereocenters. The lowest BCUT2D eigenvalue weighted by atomic mass is 9.96. The lowest BCUT2D eigenvalue weighted by Crippen LogP contribution is -2.43. The largest absolute Gasteiger partial charge is 0.352 e. The molecule has 2 N–H and O–H groups in total. The highest BCUT2D eigenvalue weighted by Crippen LogP contribution is 2.23. The van der Waals surface area contributed by atoms with Crippen molar-refractivity contribution in [3.8, 4) is 0 Å². The minimum absolute atomic E-state index is 0.0397. The van der Waals surface area contributed by atoms with Gasteiger partial charge >= 0.3 is 0 Å². The summed E-state index contributed by atoms with van der Waals surface area (Å²) in [5, 5.41) is 16.6. The molecule has 1 fully saturated rings. The van der Waals surface area contributed by atoms with Crippen molar-refractivity contribution in [3.63, 3.8) is 0 Å². The van der Waals surface area contributed by atoms with Gasteiger partial charge in [0.2, 0.25) is 11.8 Å². The normalized spacial score (nSPS) is 14.9. The predicted molar refractivity (Wildman–Crippen MR) is 109 cm³/mol. The van der Waals surface area contributed by atoms with E-state index >= 15 is 0 Å². The average molecular weight is 396 g/mol. The Morgan fingerprint density at radius 1 is 1.03 bits per heavy atom. The monoisotopic (exact) mass is 396 g/mol. The lowest BCUT2D eigenvalue weighted by molar-refractivity contribution is -0.383. The molecule has 0 aromatic heterocycles. The minimum Gasteiger partial charge on any atom is -0.352 e. The topological polar surface area (TPSA) is 105 Å². The molecule has 0 radical (unpaired) electrons. The number of nitro benzene ring substituents is 1. The molecule has 1 aliphatic heterocycles. The molecule has 29 heavy (non-hydrogen) atoms. The molecule has 0 aliphatic carbocycles. The molecule has 0 saturated carbocycles. The summed E-state index contributed by atoms with van der Waals surface area (Å²) in [5.41, 5.74) is 1.12. The molecule has 0 spiro atoms. The van der Waals surface area contributed by atoms with Gasteiger partial charge in [-0.3, -0.25) is 24.6 Å². The van der Waals surface area contributed by atoms with Gasteiger partial charge in [-0.2, -0.15) is 0 Å². The quantitative estimate of drug-likeness (QED) is 0.553. The van der Waals surface area contributed by atoms with Crippen molar-refractivity contribution < 1.29 is 14.5 Å². The number of likely N-dealkylation sites (tertiary alicyclic amines) is 1. The maximum Gasteiger partial charge on any atom is 0.292 e. The van der Waals surface area contributed by atoms with Crippen LogP contribution in [0.1, 0.15) is 18.4 Å². The van der Waals surface area contributed by atoms with Gasteiger partial charge in [-0.1, -0.05) is 42.5 Å². The molecule has 1 saturated heterocycles. The Morgan fingerprint density at radius 2 is 1.69 bits per heavy atom. The van der Waals surface area contributed by atoms with E-state index in [0.29, 0.717) is 32.5 Å². The van der Waals surface area contributed by atoms with Crippen LogP contribution in [0, 0.1) is 16.0 Å². The third-order valence-electron chi connectivity index (χ3n) is 5.01. The minimum atomic E-state index is -0.519. The Hall–Kier alpha value is -3.26. The van der Waals surface area contributed by atoms with E-state index < -0.39 is 4.92 Å². The first kappa shape index (κ1) is 20.5. The Labute approximate surface area is 169 Å². The first-order valence-corrected chi connectivity index (χ1v) is 9.60. The van der Waals surface area contributed by atoms with Gasteiger partial charge in [-0.25, -0.2) is 0 Å². The highest BCUT2D eigenvalue weighted by molar-refractivity contribution is 5.94. The van der Waals surface area contributed by atoms with Crippen LogP contribution in [0.2, 0.25) is 0 Å². The molecule has 1 heterocycles. The fraction of sp³-hybridized carbons (Fsp3) is 0.333. The maximum atomic E-state index is 12.4. The number of anilines is 1. The van der Waals surface area contributed by atoms with Crippen molar-refractivity contribution in [2.45, 2.75) is 19.4 Å². The average Bonchev–Trinajstić information content (AvgIpc) is 2.73. The summed E-state index contributed by atoms with van der Waals surface area (Å²) in [6, 6.07) is 15.8. The number of nitrogens with zero attached hydrogens (tertiary/aromatic N) is 2. The van der Waals surface area contributed by atoms with Gasteiger partial charge in [0.25, 0.3) is 5.69 Å². The van der Waals surface area contributed by atoms with Crippen molar-refractivity contribution in [2.75, 3.05) is 25.0 Å². The summed E-state index contributed by atoms with van der Waals surface area (Å²) < 4.78 is 0. The van der Waals surface area contributed by atoms with Gasteiger partial charge in [0.15, 0.2) is 0 Å². The van der Waals surface area contributed by atoms with Crippen LogP contribution in [0.4, 0.5) is 11.4 Å². The number of benzene rings is 2. The number of nitrogens with one attached hydrogen (secondary N) is 2. The second-order valence-corrected chi connectivity index (χ2v) is 7.08. The van der Waals surface area contributed by atoms with E-state index in [1.807, 2.05) is 35.2 Å².